The lowest BCUT2D eigenvalue weighted by Gasteiger charge is -2.13. The van der Waals surface area contributed by atoms with E-state index in [1.165, 1.54) is 4.90 Å². The van der Waals surface area contributed by atoms with Crippen molar-refractivity contribution in [3.63, 3.8) is 0 Å². The van der Waals surface area contributed by atoms with Gasteiger partial charge >= 0.3 is 11.7 Å². The standard InChI is InChI=1S/C19H18IN3O4/c1-10-12-8-14(20)16(27-19(25)23(2)3)9-15(12)26-18(24)13(10)7-11-5-4-6-17(21)22-11/h4-6,8-9H,7H2,1-3H3,(H2,21,22). The van der Waals surface area contributed by atoms with Gasteiger partial charge in [-0.25, -0.2) is 14.6 Å². The van der Waals surface area contributed by atoms with Gasteiger partial charge < -0.3 is 19.8 Å². The molecule has 0 saturated heterocycles. The predicted molar refractivity (Wildman–Crippen MR) is 111 cm³/mol. The molecule has 0 aliphatic rings. The number of halogens is 1. The number of hydrogen-bond donors (Lipinski definition) is 1. The Kier molecular flexibility index (Phi) is 5.36. The Morgan fingerprint density at radius 1 is 1.33 bits per heavy atom. The monoisotopic (exact) mass is 479 g/mol. The number of aryl methyl sites for hydroxylation is 1. The van der Waals surface area contributed by atoms with Crippen LogP contribution in [0.5, 0.6) is 5.75 Å². The summed E-state index contributed by atoms with van der Waals surface area (Å²) in [6.45, 7) is 1.86. The van der Waals surface area contributed by atoms with Crippen LogP contribution >= 0.6 is 22.6 Å². The highest BCUT2D eigenvalue weighted by atomic mass is 127. The molecule has 0 bridgehead atoms. The molecular formula is C19H18IN3O4. The smallest absolute Gasteiger partial charge is 0.414 e. The Bertz CT molecular complexity index is 1090. The normalized spacial score (nSPS) is 10.8. The van der Waals surface area contributed by atoms with Crippen LogP contribution in [0.4, 0.5) is 10.6 Å². The minimum Gasteiger partial charge on any atom is -0.422 e. The SMILES string of the molecule is Cc1c(Cc2cccc(N)n2)c(=O)oc2cc(OC(=O)N(C)C)c(I)cc12. The van der Waals surface area contributed by atoms with Crippen LogP contribution < -0.4 is 16.1 Å². The number of nitrogens with two attached hydrogens (primary N) is 1. The first-order chi connectivity index (χ1) is 12.8. The Morgan fingerprint density at radius 3 is 2.74 bits per heavy atom. The van der Waals surface area contributed by atoms with Gasteiger partial charge in [0.05, 0.1) is 3.57 Å². The fourth-order valence-corrected chi connectivity index (χ4v) is 3.21. The number of carbonyl (C=O) groups excluding carboxylic acids is 1. The first-order valence-electron chi connectivity index (χ1n) is 8.12. The Hall–Kier alpha value is -2.62. The summed E-state index contributed by atoms with van der Waals surface area (Å²) in [6.07, 6.45) is -0.181. The van der Waals surface area contributed by atoms with Gasteiger partial charge in [-0.05, 0) is 53.3 Å². The number of hydrogen-bond acceptors (Lipinski definition) is 6. The van der Waals surface area contributed by atoms with E-state index in [4.69, 9.17) is 14.9 Å². The molecule has 3 aromatic rings. The Balaban J connectivity index is 2.06. The zero-order valence-corrected chi connectivity index (χ0v) is 17.2. The summed E-state index contributed by atoms with van der Waals surface area (Å²) in [7, 11) is 3.19. The highest BCUT2D eigenvalue weighted by Gasteiger charge is 2.17. The Morgan fingerprint density at radius 2 is 2.07 bits per heavy atom. The Labute approximate surface area is 169 Å². The third-order valence-corrected chi connectivity index (χ3v) is 4.93. The maximum Gasteiger partial charge on any atom is 0.414 e. The van der Waals surface area contributed by atoms with Crippen LogP contribution in [0.1, 0.15) is 16.8 Å². The molecule has 3 rings (SSSR count). The van der Waals surface area contributed by atoms with Gasteiger partial charge in [-0.1, -0.05) is 6.07 Å². The second-order valence-electron chi connectivity index (χ2n) is 6.26. The van der Waals surface area contributed by atoms with Crippen LogP contribution in [-0.4, -0.2) is 30.1 Å². The number of ether oxygens (including phenoxy) is 1. The largest absolute Gasteiger partial charge is 0.422 e. The van der Waals surface area contributed by atoms with E-state index in [1.807, 2.05) is 19.1 Å². The molecule has 2 N–H and O–H groups in total. The number of fused-ring (bicyclic) bond motifs is 1. The van der Waals surface area contributed by atoms with E-state index in [-0.39, 0.29) is 0 Å². The van der Waals surface area contributed by atoms with Crippen molar-refractivity contribution < 1.29 is 13.9 Å². The van der Waals surface area contributed by atoms with E-state index in [2.05, 4.69) is 27.6 Å². The van der Waals surface area contributed by atoms with E-state index < -0.39 is 11.7 Å². The van der Waals surface area contributed by atoms with Gasteiger partial charge in [0.1, 0.15) is 17.2 Å². The molecule has 0 spiro atoms. The van der Waals surface area contributed by atoms with Crippen LogP contribution in [0, 0.1) is 10.5 Å². The lowest BCUT2D eigenvalue weighted by Crippen LogP contribution is -2.25. The molecular weight excluding hydrogens is 461 g/mol. The van der Waals surface area contributed by atoms with E-state index in [1.54, 1.807) is 32.3 Å². The predicted octanol–water partition coefficient (Wildman–Crippen LogP) is 3.33. The third kappa shape index (κ3) is 4.05. The minimum atomic E-state index is -0.504. The molecule has 27 heavy (non-hydrogen) atoms. The molecule has 0 atom stereocenters. The number of benzene rings is 1. The molecule has 0 aliphatic carbocycles. The summed E-state index contributed by atoms with van der Waals surface area (Å²) in [6, 6.07) is 8.70. The number of pyridine rings is 1. The van der Waals surface area contributed by atoms with Gasteiger partial charge in [-0.3, -0.25) is 0 Å². The molecule has 2 heterocycles. The second kappa shape index (κ2) is 7.55. The number of nitrogens with zero attached hydrogens (tertiary/aromatic N) is 2. The van der Waals surface area contributed by atoms with Crippen molar-refractivity contribution in [1.29, 1.82) is 0 Å². The first kappa shape index (κ1) is 19.2. The van der Waals surface area contributed by atoms with Gasteiger partial charge in [0, 0.05) is 43.2 Å². The van der Waals surface area contributed by atoms with E-state index in [0.717, 1.165) is 14.5 Å². The summed E-state index contributed by atoms with van der Waals surface area (Å²) >= 11 is 2.09. The summed E-state index contributed by atoms with van der Waals surface area (Å²) < 4.78 is 11.6. The number of aromatic nitrogens is 1. The van der Waals surface area contributed by atoms with Crippen molar-refractivity contribution in [3.05, 3.63) is 61.1 Å². The summed E-state index contributed by atoms with van der Waals surface area (Å²) in [5.74, 6) is 0.742. The molecule has 7 nitrogen and oxygen atoms in total. The zero-order valence-electron chi connectivity index (χ0n) is 15.1. The molecule has 140 valence electrons. The average molecular weight is 479 g/mol. The lowest BCUT2D eigenvalue weighted by molar-refractivity contribution is 0.171. The number of rotatable bonds is 3. The van der Waals surface area contributed by atoms with Crippen LogP contribution in [-0.2, 0) is 6.42 Å². The van der Waals surface area contributed by atoms with Crippen LogP contribution in [0.2, 0.25) is 0 Å². The zero-order chi connectivity index (χ0) is 19.7. The fourth-order valence-electron chi connectivity index (χ4n) is 2.64. The third-order valence-electron chi connectivity index (χ3n) is 4.09. The van der Waals surface area contributed by atoms with Crippen molar-refractivity contribution in [2.45, 2.75) is 13.3 Å². The van der Waals surface area contributed by atoms with Gasteiger partial charge in [-0.2, -0.15) is 0 Å². The van der Waals surface area contributed by atoms with Crippen molar-refractivity contribution >= 4 is 45.5 Å². The summed E-state index contributed by atoms with van der Waals surface area (Å²) in [5, 5.41) is 0.780. The quantitative estimate of drug-likeness (QED) is 0.457. The molecule has 0 unspecified atom stereocenters. The molecule has 0 aliphatic heterocycles. The number of amides is 1. The first-order valence-corrected chi connectivity index (χ1v) is 9.20. The molecule has 2 aromatic heterocycles. The fraction of sp³-hybridized carbons (Fsp3) is 0.211. The van der Waals surface area contributed by atoms with Crippen molar-refractivity contribution in [2.24, 2.45) is 0 Å². The molecule has 0 radical (unpaired) electrons. The van der Waals surface area contributed by atoms with Crippen molar-refractivity contribution in [2.75, 3.05) is 19.8 Å². The highest BCUT2D eigenvalue weighted by Crippen LogP contribution is 2.30. The maximum atomic E-state index is 12.5. The van der Waals surface area contributed by atoms with Crippen molar-refractivity contribution in [1.82, 2.24) is 9.88 Å². The number of carbonyl (C=O) groups is 1. The number of anilines is 1. The van der Waals surface area contributed by atoms with Gasteiger partial charge in [0.15, 0.2) is 0 Å². The van der Waals surface area contributed by atoms with Crippen molar-refractivity contribution in [3.8, 4) is 5.75 Å². The summed E-state index contributed by atoms with van der Waals surface area (Å²) in [4.78, 5) is 29.9. The van der Waals surface area contributed by atoms with Crippen LogP contribution in [0.3, 0.4) is 0 Å². The highest BCUT2D eigenvalue weighted by molar-refractivity contribution is 14.1. The van der Waals surface area contributed by atoms with E-state index in [0.29, 0.717) is 34.8 Å². The van der Waals surface area contributed by atoms with Crippen LogP contribution in [0.15, 0.2) is 39.5 Å². The van der Waals surface area contributed by atoms with Crippen LogP contribution in [0.25, 0.3) is 11.0 Å². The molecule has 0 saturated carbocycles. The second-order valence-corrected chi connectivity index (χ2v) is 7.43. The molecule has 1 aromatic carbocycles. The molecule has 0 fully saturated rings. The van der Waals surface area contributed by atoms with E-state index in [9.17, 15) is 9.59 Å². The molecule has 1 amide bonds. The minimum absolute atomic E-state index is 0.323. The topological polar surface area (TPSA) is 98.7 Å². The van der Waals surface area contributed by atoms with Gasteiger partial charge in [0.25, 0.3) is 0 Å². The summed E-state index contributed by atoms with van der Waals surface area (Å²) in [5.41, 5.74) is 7.65. The van der Waals surface area contributed by atoms with Gasteiger partial charge in [0.2, 0.25) is 0 Å². The molecule has 8 heteroatoms. The number of nitrogen functional groups attached to an aromatic ring is 1. The van der Waals surface area contributed by atoms with E-state index >= 15 is 0 Å². The van der Waals surface area contributed by atoms with Gasteiger partial charge in [-0.15, -0.1) is 0 Å². The average Bonchev–Trinajstić information content (AvgIpc) is 2.60. The lowest BCUT2D eigenvalue weighted by atomic mass is 10.0. The maximum absolute atomic E-state index is 12.5.